The van der Waals surface area contributed by atoms with Crippen molar-refractivity contribution in [1.29, 1.82) is 0 Å². The number of ether oxygens (including phenoxy) is 3. The molecule has 0 spiro atoms. The maximum absolute atomic E-state index is 13.0. The molecule has 0 radical (unpaired) electrons. The molecule has 0 bridgehead atoms. The molecule has 2 aromatic carbocycles. The van der Waals surface area contributed by atoms with Crippen molar-refractivity contribution in [3.8, 4) is 17.2 Å². The monoisotopic (exact) mass is 432 g/mol. The van der Waals surface area contributed by atoms with Crippen LogP contribution < -0.4 is 24.8 Å². The first kappa shape index (κ1) is 23.4. The smallest absolute Gasteiger partial charge is 0.251 e. The fourth-order valence-corrected chi connectivity index (χ4v) is 3.39. The zero-order chi connectivity index (χ0) is 22.1. The summed E-state index contributed by atoms with van der Waals surface area (Å²) in [5, 5.41) is 5.69. The van der Waals surface area contributed by atoms with Crippen LogP contribution in [0.3, 0.4) is 0 Å². The van der Waals surface area contributed by atoms with Gasteiger partial charge in [0.05, 0.1) is 21.3 Å². The van der Waals surface area contributed by atoms with Gasteiger partial charge >= 0.3 is 0 Å². The van der Waals surface area contributed by atoms with Crippen LogP contribution in [-0.4, -0.2) is 51.2 Å². The van der Waals surface area contributed by atoms with E-state index in [9.17, 15) is 9.59 Å². The fourth-order valence-electron chi connectivity index (χ4n) is 2.92. The fraction of sp³-hybridized carbons (Fsp3) is 0.364. The SMILES string of the molecule is COc1cc(NC(=O)C(CCSC)NC(=O)c2cccc(C)c2)cc(OC)c1OC. The van der Waals surface area contributed by atoms with Gasteiger partial charge in [-0.05, 0) is 37.5 Å². The largest absolute Gasteiger partial charge is 0.493 e. The van der Waals surface area contributed by atoms with Crippen molar-refractivity contribution in [2.45, 2.75) is 19.4 Å². The third-order valence-corrected chi connectivity index (χ3v) is 5.09. The van der Waals surface area contributed by atoms with Gasteiger partial charge in [-0.1, -0.05) is 17.7 Å². The molecule has 0 aromatic heterocycles. The lowest BCUT2D eigenvalue weighted by molar-refractivity contribution is -0.118. The maximum atomic E-state index is 13.0. The van der Waals surface area contributed by atoms with Gasteiger partial charge in [-0.15, -0.1) is 0 Å². The summed E-state index contributed by atoms with van der Waals surface area (Å²) in [6.07, 6.45) is 2.45. The second kappa shape index (κ2) is 11.3. The van der Waals surface area contributed by atoms with E-state index in [4.69, 9.17) is 14.2 Å². The van der Waals surface area contributed by atoms with Gasteiger partial charge in [-0.2, -0.15) is 11.8 Å². The Bertz CT molecular complexity index is 863. The molecular weight excluding hydrogens is 404 g/mol. The van der Waals surface area contributed by atoms with Crippen LogP contribution in [0, 0.1) is 6.92 Å². The minimum Gasteiger partial charge on any atom is -0.493 e. The summed E-state index contributed by atoms with van der Waals surface area (Å²) >= 11 is 1.61. The van der Waals surface area contributed by atoms with E-state index in [0.717, 1.165) is 11.3 Å². The lowest BCUT2D eigenvalue weighted by Gasteiger charge is -2.20. The summed E-state index contributed by atoms with van der Waals surface area (Å²) in [7, 11) is 4.52. The zero-order valence-corrected chi connectivity index (χ0v) is 18.7. The van der Waals surface area contributed by atoms with Crippen LogP contribution in [0.4, 0.5) is 5.69 Å². The normalized spacial score (nSPS) is 11.4. The average Bonchev–Trinajstić information content (AvgIpc) is 2.75. The third-order valence-electron chi connectivity index (χ3n) is 4.44. The second-order valence-electron chi connectivity index (χ2n) is 6.58. The summed E-state index contributed by atoms with van der Waals surface area (Å²) < 4.78 is 16.0. The Balaban J connectivity index is 2.21. The van der Waals surface area contributed by atoms with Crippen LogP contribution in [0.1, 0.15) is 22.3 Å². The van der Waals surface area contributed by atoms with Crippen molar-refractivity contribution in [3.05, 3.63) is 47.5 Å². The van der Waals surface area contributed by atoms with Crippen LogP contribution in [0.2, 0.25) is 0 Å². The lowest BCUT2D eigenvalue weighted by Crippen LogP contribution is -2.44. The van der Waals surface area contributed by atoms with Gasteiger partial charge in [0.1, 0.15) is 6.04 Å². The van der Waals surface area contributed by atoms with Crippen LogP contribution >= 0.6 is 11.8 Å². The van der Waals surface area contributed by atoms with E-state index in [2.05, 4.69) is 10.6 Å². The van der Waals surface area contributed by atoms with Gasteiger partial charge < -0.3 is 24.8 Å². The number of rotatable bonds is 10. The van der Waals surface area contributed by atoms with Crippen molar-refractivity contribution in [2.75, 3.05) is 38.7 Å². The Morgan fingerprint density at radius 3 is 2.23 bits per heavy atom. The topological polar surface area (TPSA) is 85.9 Å². The number of hydrogen-bond donors (Lipinski definition) is 2. The first-order chi connectivity index (χ1) is 14.4. The molecule has 0 saturated heterocycles. The van der Waals surface area contributed by atoms with E-state index >= 15 is 0 Å². The van der Waals surface area contributed by atoms with Crippen LogP contribution in [0.5, 0.6) is 17.2 Å². The molecule has 0 aliphatic heterocycles. The van der Waals surface area contributed by atoms with Crippen molar-refractivity contribution in [1.82, 2.24) is 5.32 Å². The summed E-state index contributed by atoms with van der Waals surface area (Å²) in [6.45, 7) is 1.92. The molecular formula is C22H28N2O5S. The van der Waals surface area contributed by atoms with Crippen LogP contribution in [0.15, 0.2) is 36.4 Å². The van der Waals surface area contributed by atoms with Gasteiger partial charge in [0.25, 0.3) is 5.91 Å². The molecule has 7 nitrogen and oxygen atoms in total. The molecule has 162 valence electrons. The van der Waals surface area contributed by atoms with Gasteiger partial charge in [-0.25, -0.2) is 0 Å². The number of nitrogens with one attached hydrogen (secondary N) is 2. The Labute approximate surface area is 181 Å². The molecule has 0 aliphatic rings. The predicted molar refractivity (Wildman–Crippen MR) is 120 cm³/mol. The number of carbonyl (C=O) groups is 2. The highest BCUT2D eigenvalue weighted by atomic mass is 32.2. The Hall–Kier alpha value is -2.87. The number of amides is 2. The summed E-state index contributed by atoms with van der Waals surface area (Å²) in [4.78, 5) is 25.6. The number of methoxy groups -OCH3 is 3. The number of anilines is 1. The first-order valence-electron chi connectivity index (χ1n) is 9.40. The molecule has 1 atom stereocenters. The number of aryl methyl sites for hydroxylation is 1. The van der Waals surface area contributed by atoms with E-state index in [1.165, 1.54) is 21.3 Å². The maximum Gasteiger partial charge on any atom is 0.251 e. The standard InChI is InChI=1S/C22H28N2O5S/c1-14-7-6-8-15(11-14)21(25)24-17(9-10-30-5)22(26)23-16-12-18(27-2)20(29-4)19(13-16)28-3/h6-8,11-13,17H,9-10H2,1-5H3,(H,23,26)(H,24,25). The summed E-state index contributed by atoms with van der Waals surface area (Å²) in [6, 6.07) is 9.85. The number of carbonyl (C=O) groups excluding carboxylic acids is 2. The molecule has 0 saturated carbocycles. The Kier molecular flexibility index (Phi) is 8.86. The Morgan fingerprint density at radius 1 is 1.03 bits per heavy atom. The first-order valence-corrected chi connectivity index (χ1v) is 10.8. The zero-order valence-electron chi connectivity index (χ0n) is 17.9. The molecule has 0 heterocycles. The molecule has 2 N–H and O–H groups in total. The van der Waals surface area contributed by atoms with E-state index in [-0.39, 0.29) is 11.8 Å². The number of benzene rings is 2. The predicted octanol–water partition coefficient (Wildman–Crippen LogP) is 3.51. The molecule has 0 aliphatic carbocycles. The quantitative estimate of drug-likeness (QED) is 0.598. The van der Waals surface area contributed by atoms with Gasteiger partial charge in [0.2, 0.25) is 11.7 Å². The van der Waals surface area contributed by atoms with Crippen molar-refractivity contribution >= 4 is 29.3 Å². The summed E-state index contributed by atoms with van der Waals surface area (Å²) in [5.74, 6) is 1.41. The van der Waals surface area contributed by atoms with Gasteiger partial charge in [-0.3, -0.25) is 9.59 Å². The second-order valence-corrected chi connectivity index (χ2v) is 7.57. The van der Waals surface area contributed by atoms with Crippen LogP contribution in [0.25, 0.3) is 0 Å². The van der Waals surface area contributed by atoms with E-state index < -0.39 is 6.04 Å². The molecule has 0 fully saturated rings. The van der Waals surface area contributed by atoms with Crippen LogP contribution in [-0.2, 0) is 4.79 Å². The van der Waals surface area contributed by atoms with Crippen molar-refractivity contribution < 1.29 is 23.8 Å². The number of thioether (sulfide) groups is 1. The highest BCUT2D eigenvalue weighted by Crippen LogP contribution is 2.39. The average molecular weight is 433 g/mol. The van der Waals surface area contributed by atoms with Crippen molar-refractivity contribution in [3.63, 3.8) is 0 Å². The summed E-state index contributed by atoms with van der Waals surface area (Å²) in [5.41, 5.74) is 1.98. The molecule has 2 aromatic rings. The highest BCUT2D eigenvalue weighted by Gasteiger charge is 2.23. The minimum absolute atomic E-state index is 0.287. The van der Waals surface area contributed by atoms with Crippen molar-refractivity contribution in [2.24, 2.45) is 0 Å². The molecule has 30 heavy (non-hydrogen) atoms. The molecule has 2 rings (SSSR count). The van der Waals surface area contributed by atoms with E-state index in [0.29, 0.717) is 34.9 Å². The Morgan fingerprint density at radius 2 is 1.70 bits per heavy atom. The van der Waals surface area contributed by atoms with E-state index in [1.807, 2.05) is 25.3 Å². The van der Waals surface area contributed by atoms with Gasteiger partial charge in [0.15, 0.2) is 11.5 Å². The molecule has 8 heteroatoms. The third kappa shape index (κ3) is 6.06. The van der Waals surface area contributed by atoms with E-state index in [1.54, 1.807) is 36.0 Å². The van der Waals surface area contributed by atoms with Gasteiger partial charge in [0, 0.05) is 23.4 Å². The lowest BCUT2D eigenvalue weighted by atomic mass is 10.1. The minimum atomic E-state index is -0.690. The molecule has 1 unspecified atom stereocenters. The molecule has 2 amide bonds. The highest BCUT2D eigenvalue weighted by molar-refractivity contribution is 7.98. The number of hydrogen-bond acceptors (Lipinski definition) is 6.